The van der Waals surface area contributed by atoms with E-state index in [0.717, 1.165) is 0 Å². The molecule has 0 fully saturated rings. The fourth-order valence-electron chi connectivity index (χ4n) is 1.80. The molecule has 100 valence electrons. The number of carbonyl (C=O) groups excluding carboxylic acids is 1. The summed E-state index contributed by atoms with van der Waals surface area (Å²) in [7, 11) is 0. The van der Waals surface area contributed by atoms with Crippen LogP contribution in [0.25, 0.3) is 0 Å². The molecule has 2 rings (SSSR count). The summed E-state index contributed by atoms with van der Waals surface area (Å²) in [4.78, 5) is 34.1. The van der Waals surface area contributed by atoms with E-state index >= 15 is 0 Å². The number of hydrogen-bond acceptors (Lipinski definition) is 5. The molecule has 0 saturated heterocycles. The molecule has 20 heavy (non-hydrogen) atoms. The zero-order chi connectivity index (χ0) is 14.7. The molecule has 0 aliphatic rings. The van der Waals surface area contributed by atoms with Gasteiger partial charge in [0.25, 0.3) is 0 Å². The number of carboxylic acid groups (broad SMARTS) is 1. The van der Waals surface area contributed by atoms with E-state index in [-0.39, 0.29) is 22.6 Å². The Morgan fingerprint density at radius 3 is 2.20 bits per heavy atom. The van der Waals surface area contributed by atoms with Crippen LogP contribution in [-0.4, -0.2) is 22.0 Å². The Balaban J connectivity index is 2.57. The van der Waals surface area contributed by atoms with Crippen molar-refractivity contribution in [3.63, 3.8) is 0 Å². The van der Waals surface area contributed by atoms with Gasteiger partial charge in [0.1, 0.15) is 11.4 Å². The molecule has 2 N–H and O–H groups in total. The average molecular weight is 271 g/mol. The summed E-state index contributed by atoms with van der Waals surface area (Å²) in [5.41, 5.74) is -0.656. The van der Waals surface area contributed by atoms with Crippen molar-refractivity contribution in [2.45, 2.75) is 0 Å². The third kappa shape index (κ3) is 2.39. The van der Waals surface area contributed by atoms with Crippen LogP contribution in [0.15, 0.2) is 47.6 Å². The summed E-state index contributed by atoms with van der Waals surface area (Å²) < 4.78 is 0. The minimum absolute atomic E-state index is 0.0108. The minimum Gasteiger partial charge on any atom is -0.508 e. The smallest absolute Gasteiger partial charge is 0.338 e. The van der Waals surface area contributed by atoms with Gasteiger partial charge in [-0.2, -0.15) is 0 Å². The normalized spacial score (nSPS) is 10.0. The lowest BCUT2D eigenvalue weighted by Gasteiger charge is -2.06. The Hall–Kier alpha value is -3.02. The first-order chi connectivity index (χ1) is 9.54. The van der Waals surface area contributed by atoms with Gasteiger partial charge in [-0.3, -0.25) is 4.79 Å². The van der Waals surface area contributed by atoms with Gasteiger partial charge in [0.2, 0.25) is 0 Å². The topological polar surface area (TPSA) is 104 Å². The van der Waals surface area contributed by atoms with Crippen molar-refractivity contribution in [1.29, 1.82) is 0 Å². The van der Waals surface area contributed by atoms with Crippen LogP contribution in [0, 0.1) is 4.91 Å². The van der Waals surface area contributed by atoms with Gasteiger partial charge < -0.3 is 10.2 Å². The maximum Gasteiger partial charge on any atom is 0.338 e. The summed E-state index contributed by atoms with van der Waals surface area (Å²) in [6.45, 7) is 0. The number of phenols is 1. The highest BCUT2D eigenvalue weighted by atomic mass is 16.4. The number of nitroso groups, excluding NO2 is 1. The van der Waals surface area contributed by atoms with Crippen LogP contribution < -0.4 is 0 Å². The number of phenolic OH excluding ortho intramolecular Hbond substituents is 1. The number of carboxylic acids is 1. The van der Waals surface area contributed by atoms with Crippen LogP contribution in [-0.2, 0) is 0 Å². The van der Waals surface area contributed by atoms with Crippen molar-refractivity contribution in [2.24, 2.45) is 5.18 Å². The van der Waals surface area contributed by atoms with Crippen LogP contribution in [0.1, 0.15) is 26.3 Å². The largest absolute Gasteiger partial charge is 0.508 e. The summed E-state index contributed by atoms with van der Waals surface area (Å²) >= 11 is 0. The number of benzene rings is 2. The number of aromatic carboxylic acids is 1. The van der Waals surface area contributed by atoms with Crippen LogP contribution in [0.4, 0.5) is 5.69 Å². The zero-order valence-electron chi connectivity index (χ0n) is 10.1. The number of carbonyl (C=O) groups is 2. The standard InChI is InChI=1S/C14H9NO5/c16-9-6-4-8(5-7-9)13(17)10-2-1-3-11(15-20)12(10)14(18)19/h1-7,16H,(H,18,19). The Kier molecular flexibility index (Phi) is 3.56. The monoisotopic (exact) mass is 271 g/mol. The van der Waals surface area contributed by atoms with Crippen molar-refractivity contribution in [1.82, 2.24) is 0 Å². The molecule has 6 nitrogen and oxygen atoms in total. The van der Waals surface area contributed by atoms with Gasteiger partial charge in [0.15, 0.2) is 5.78 Å². The molecule has 0 aliphatic carbocycles. The number of aromatic hydroxyl groups is 1. The Bertz CT molecular complexity index is 691. The molecule has 0 spiro atoms. The summed E-state index contributed by atoms with van der Waals surface area (Å²) in [6.07, 6.45) is 0. The van der Waals surface area contributed by atoms with Crippen molar-refractivity contribution in [3.8, 4) is 5.75 Å². The van der Waals surface area contributed by atoms with E-state index in [9.17, 15) is 19.6 Å². The van der Waals surface area contributed by atoms with Crippen LogP contribution in [0.5, 0.6) is 5.75 Å². The van der Waals surface area contributed by atoms with Crippen LogP contribution >= 0.6 is 0 Å². The summed E-state index contributed by atoms with van der Waals surface area (Å²) in [5.74, 6) is -1.97. The van der Waals surface area contributed by atoms with Crippen molar-refractivity contribution in [3.05, 3.63) is 64.1 Å². The maximum atomic E-state index is 12.3. The second kappa shape index (κ2) is 5.31. The number of nitrogens with zero attached hydrogens (tertiary/aromatic N) is 1. The van der Waals surface area contributed by atoms with E-state index in [0.29, 0.717) is 0 Å². The minimum atomic E-state index is -1.40. The van der Waals surface area contributed by atoms with Gasteiger partial charge in [-0.1, -0.05) is 12.1 Å². The molecule has 0 saturated carbocycles. The molecule has 0 heterocycles. The molecule has 0 aromatic heterocycles. The first-order valence-corrected chi connectivity index (χ1v) is 5.58. The predicted octanol–water partition coefficient (Wildman–Crippen LogP) is 2.72. The zero-order valence-corrected chi connectivity index (χ0v) is 10.1. The van der Waals surface area contributed by atoms with Crippen molar-refractivity contribution >= 4 is 17.4 Å². The number of ketones is 1. The van der Waals surface area contributed by atoms with E-state index < -0.39 is 17.3 Å². The lowest BCUT2D eigenvalue weighted by Crippen LogP contribution is -2.09. The first-order valence-electron chi connectivity index (χ1n) is 5.58. The molecular weight excluding hydrogens is 262 g/mol. The highest BCUT2D eigenvalue weighted by Gasteiger charge is 2.21. The first kappa shape index (κ1) is 13.4. The van der Waals surface area contributed by atoms with E-state index in [2.05, 4.69) is 5.18 Å². The highest BCUT2D eigenvalue weighted by molar-refractivity contribution is 6.15. The predicted molar refractivity (Wildman–Crippen MR) is 70.4 cm³/mol. The Labute approximate surface area is 113 Å². The Morgan fingerprint density at radius 2 is 1.65 bits per heavy atom. The lowest BCUT2D eigenvalue weighted by molar-refractivity contribution is 0.0693. The molecule has 0 amide bonds. The van der Waals surface area contributed by atoms with E-state index in [1.807, 2.05) is 0 Å². The SMILES string of the molecule is O=Nc1cccc(C(=O)c2ccc(O)cc2)c1C(=O)O. The second-order valence-corrected chi connectivity index (χ2v) is 3.97. The number of hydrogen-bond donors (Lipinski definition) is 2. The third-order valence-electron chi connectivity index (χ3n) is 2.73. The van der Waals surface area contributed by atoms with Gasteiger partial charge in [-0.25, -0.2) is 4.79 Å². The third-order valence-corrected chi connectivity index (χ3v) is 2.73. The molecule has 0 atom stereocenters. The Morgan fingerprint density at radius 1 is 1.00 bits per heavy atom. The van der Waals surface area contributed by atoms with E-state index in [1.165, 1.54) is 42.5 Å². The lowest BCUT2D eigenvalue weighted by atomic mass is 9.97. The van der Waals surface area contributed by atoms with Crippen LogP contribution in [0.3, 0.4) is 0 Å². The molecule has 0 bridgehead atoms. The fraction of sp³-hybridized carbons (Fsp3) is 0. The van der Waals surface area contributed by atoms with Gasteiger partial charge in [-0.05, 0) is 35.5 Å². The van der Waals surface area contributed by atoms with Crippen molar-refractivity contribution in [2.75, 3.05) is 0 Å². The van der Waals surface area contributed by atoms with Crippen LogP contribution in [0.2, 0.25) is 0 Å². The fourth-order valence-corrected chi connectivity index (χ4v) is 1.80. The number of rotatable bonds is 4. The summed E-state index contributed by atoms with van der Waals surface area (Å²) in [5, 5.41) is 20.9. The second-order valence-electron chi connectivity index (χ2n) is 3.97. The maximum absolute atomic E-state index is 12.3. The average Bonchev–Trinajstić information content (AvgIpc) is 2.46. The molecule has 2 aromatic rings. The van der Waals surface area contributed by atoms with Gasteiger partial charge >= 0.3 is 5.97 Å². The quantitative estimate of drug-likeness (QED) is 0.657. The molecule has 0 radical (unpaired) electrons. The van der Waals surface area contributed by atoms with E-state index in [4.69, 9.17) is 5.11 Å². The van der Waals surface area contributed by atoms with E-state index in [1.54, 1.807) is 0 Å². The molecular formula is C14H9NO5. The molecule has 6 heteroatoms. The summed E-state index contributed by atoms with van der Waals surface area (Å²) in [6, 6.07) is 9.29. The molecule has 0 aliphatic heterocycles. The van der Waals surface area contributed by atoms with Gasteiger partial charge in [0.05, 0.1) is 5.56 Å². The van der Waals surface area contributed by atoms with Gasteiger partial charge in [0, 0.05) is 11.1 Å². The highest BCUT2D eigenvalue weighted by Crippen LogP contribution is 2.25. The molecule has 2 aromatic carbocycles. The van der Waals surface area contributed by atoms with Gasteiger partial charge in [-0.15, -0.1) is 4.91 Å². The van der Waals surface area contributed by atoms with Crippen molar-refractivity contribution < 1.29 is 19.8 Å². The molecule has 0 unspecified atom stereocenters.